The lowest BCUT2D eigenvalue weighted by molar-refractivity contribution is -0.167. The molecule has 0 aliphatic rings. The number of unbranched alkanes of at least 4 members (excludes halogenated alkanes) is 39. The van der Waals surface area contributed by atoms with Crippen molar-refractivity contribution in [2.24, 2.45) is 11.8 Å². The molecule has 0 fully saturated rings. The predicted molar refractivity (Wildman–Crippen MR) is 284 cm³/mol. The van der Waals surface area contributed by atoms with Gasteiger partial charge in [-0.2, -0.15) is 0 Å². The second-order valence-corrected chi connectivity index (χ2v) is 21.6. The van der Waals surface area contributed by atoms with Crippen LogP contribution < -0.4 is 0 Å². The molecule has 0 bridgehead atoms. The van der Waals surface area contributed by atoms with Gasteiger partial charge in [-0.1, -0.05) is 298 Å². The Kier molecular flexibility index (Phi) is 51.5. The molecule has 0 aromatic heterocycles. The molecule has 0 saturated carbocycles. The molecule has 0 radical (unpaired) electrons. The van der Waals surface area contributed by atoms with Crippen molar-refractivity contribution in [3.63, 3.8) is 0 Å². The molecule has 0 rings (SSSR count). The molecule has 6 nitrogen and oxygen atoms in total. The number of hydrogen-bond acceptors (Lipinski definition) is 6. The third-order valence-corrected chi connectivity index (χ3v) is 13.7. The Labute approximate surface area is 412 Å². The standard InChI is InChI=1S/C60H116O6/c1-6-7-8-9-10-11-12-25-30-35-40-45-50-58(61)64-53-57(54-65-59(62)51-46-41-36-31-26-21-18-17-20-24-29-34-39-44-49-56(4)5)66-60(63)52-47-42-37-32-27-22-16-14-13-15-19-23-28-33-38-43-48-55(2)3/h55-57H,6-54H2,1-5H3/t57-/m0/s1. The van der Waals surface area contributed by atoms with Gasteiger partial charge in [-0.05, 0) is 31.1 Å². The molecule has 0 heterocycles. The summed E-state index contributed by atoms with van der Waals surface area (Å²) in [5.41, 5.74) is 0. The van der Waals surface area contributed by atoms with Gasteiger partial charge in [-0.25, -0.2) is 0 Å². The van der Waals surface area contributed by atoms with Gasteiger partial charge in [0.2, 0.25) is 0 Å². The van der Waals surface area contributed by atoms with E-state index in [0.717, 1.165) is 69.6 Å². The maximum Gasteiger partial charge on any atom is 0.306 e. The number of ether oxygens (including phenoxy) is 3. The van der Waals surface area contributed by atoms with Gasteiger partial charge in [-0.3, -0.25) is 14.4 Å². The van der Waals surface area contributed by atoms with Gasteiger partial charge in [0, 0.05) is 19.3 Å². The Balaban J connectivity index is 4.27. The van der Waals surface area contributed by atoms with Gasteiger partial charge in [0.25, 0.3) is 0 Å². The molecule has 0 aromatic carbocycles. The lowest BCUT2D eigenvalue weighted by atomic mass is 10.0. The third kappa shape index (κ3) is 53.4. The first-order valence-corrected chi connectivity index (χ1v) is 29.7. The highest BCUT2D eigenvalue weighted by Gasteiger charge is 2.19. The summed E-state index contributed by atoms with van der Waals surface area (Å²) in [6.07, 6.45) is 56.7. The number of carbonyl (C=O) groups is 3. The molecule has 0 unspecified atom stereocenters. The maximum absolute atomic E-state index is 12.9. The highest BCUT2D eigenvalue weighted by atomic mass is 16.6. The first kappa shape index (κ1) is 64.4. The minimum absolute atomic E-state index is 0.0623. The van der Waals surface area contributed by atoms with Crippen LogP contribution in [0.5, 0.6) is 0 Å². The Bertz CT molecular complexity index is 1010. The number of rotatable bonds is 54. The van der Waals surface area contributed by atoms with Crippen molar-refractivity contribution in [3.05, 3.63) is 0 Å². The zero-order valence-electron chi connectivity index (χ0n) is 45.3. The fraction of sp³-hybridized carbons (Fsp3) is 0.950. The summed E-state index contributed by atoms with van der Waals surface area (Å²) in [5, 5.41) is 0. The highest BCUT2D eigenvalue weighted by molar-refractivity contribution is 5.71. The van der Waals surface area contributed by atoms with E-state index >= 15 is 0 Å². The second-order valence-electron chi connectivity index (χ2n) is 21.6. The van der Waals surface area contributed by atoms with E-state index in [9.17, 15) is 14.4 Å². The normalized spacial score (nSPS) is 12.0. The molecular weight excluding hydrogens is 817 g/mol. The molecule has 66 heavy (non-hydrogen) atoms. The zero-order valence-corrected chi connectivity index (χ0v) is 45.3. The average molecular weight is 934 g/mol. The fourth-order valence-corrected chi connectivity index (χ4v) is 9.23. The van der Waals surface area contributed by atoms with Crippen LogP contribution in [0.4, 0.5) is 0 Å². The summed E-state index contributed by atoms with van der Waals surface area (Å²) >= 11 is 0. The Hall–Kier alpha value is -1.59. The van der Waals surface area contributed by atoms with Gasteiger partial charge in [-0.15, -0.1) is 0 Å². The van der Waals surface area contributed by atoms with Crippen molar-refractivity contribution < 1.29 is 28.6 Å². The minimum Gasteiger partial charge on any atom is -0.462 e. The smallest absolute Gasteiger partial charge is 0.306 e. The molecule has 392 valence electrons. The van der Waals surface area contributed by atoms with Crippen LogP contribution in [0.15, 0.2) is 0 Å². The predicted octanol–water partition coefficient (Wildman–Crippen LogP) is 19.7. The summed E-state index contributed by atoms with van der Waals surface area (Å²) in [7, 11) is 0. The number of esters is 3. The molecule has 0 N–H and O–H groups in total. The van der Waals surface area contributed by atoms with E-state index in [1.54, 1.807) is 0 Å². The van der Waals surface area contributed by atoms with Gasteiger partial charge in [0.15, 0.2) is 6.10 Å². The van der Waals surface area contributed by atoms with Crippen molar-refractivity contribution in [3.8, 4) is 0 Å². The van der Waals surface area contributed by atoms with Gasteiger partial charge in [0.1, 0.15) is 13.2 Å². The van der Waals surface area contributed by atoms with Gasteiger partial charge < -0.3 is 14.2 Å². The largest absolute Gasteiger partial charge is 0.462 e. The average Bonchev–Trinajstić information content (AvgIpc) is 3.29. The molecule has 0 aromatic rings. The first-order valence-electron chi connectivity index (χ1n) is 29.7. The summed E-state index contributed by atoms with van der Waals surface area (Å²) < 4.78 is 16.9. The van der Waals surface area contributed by atoms with Crippen molar-refractivity contribution in [1.82, 2.24) is 0 Å². The minimum atomic E-state index is -0.762. The van der Waals surface area contributed by atoms with Crippen molar-refractivity contribution in [1.29, 1.82) is 0 Å². The Morgan fingerprint density at radius 1 is 0.288 bits per heavy atom. The molecule has 6 heteroatoms. The monoisotopic (exact) mass is 933 g/mol. The van der Waals surface area contributed by atoms with Crippen molar-refractivity contribution in [2.75, 3.05) is 13.2 Å². The van der Waals surface area contributed by atoms with E-state index in [2.05, 4.69) is 34.6 Å². The Morgan fingerprint density at radius 3 is 0.742 bits per heavy atom. The number of carbonyl (C=O) groups excluding carboxylic acids is 3. The van der Waals surface area contributed by atoms with E-state index in [1.807, 2.05) is 0 Å². The maximum atomic E-state index is 12.9. The van der Waals surface area contributed by atoms with E-state index in [1.165, 1.54) is 225 Å². The van der Waals surface area contributed by atoms with Crippen LogP contribution in [0, 0.1) is 11.8 Å². The van der Waals surface area contributed by atoms with Crippen LogP contribution in [0.1, 0.15) is 336 Å². The molecule has 0 amide bonds. The van der Waals surface area contributed by atoms with E-state index in [-0.39, 0.29) is 31.1 Å². The fourth-order valence-electron chi connectivity index (χ4n) is 9.23. The summed E-state index contributed by atoms with van der Waals surface area (Å²) in [6, 6.07) is 0. The SMILES string of the molecule is CCCCCCCCCCCCCCC(=O)OC[C@@H](COC(=O)CCCCCCCCCCCCCCCCC(C)C)OC(=O)CCCCCCCCCCCCCCCCCCC(C)C. The van der Waals surface area contributed by atoms with E-state index < -0.39 is 6.10 Å². The Morgan fingerprint density at radius 2 is 0.500 bits per heavy atom. The molecule has 0 aliphatic heterocycles. The molecular formula is C60H116O6. The quantitative estimate of drug-likeness (QED) is 0.0343. The van der Waals surface area contributed by atoms with Crippen LogP contribution in [0.3, 0.4) is 0 Å². The molecule has 0 spiro atoms. The summed E-state index contributed by atoms with van der Waals surface area (Å²) in [5.74, 6) is 0.860. The van der Waals surface area contributed by atoms with Crippen LogP contribution in [0.2, 0.25) is 0 Å². The topological polar surface area (TPSA) is 78.9 Å². The van der Waals surface area contributed by atoms with Crippen LogP contribution in [-0.2, 0) is 28.6 Å². The lowest BCUT2D eigenvalue weighted by Crippen LogP contribution is -2.30. The summed E-state index contributed by atoms with van der Waals surface area (Å²) in [6.45, 7) is 11.4. The van der Waals surface area contributed by atoms with Crippen LogP contribution in [0.25, 0.3) is 0 Å². The number of hydrogen-bond donors (Lipinski definition) is 0. The molecule has 0 aliphatic carbocycles. The molecule has 0 saturated heterocycles. The lowest BCUT2D eigenvalue weighted by Gasteiger charge is -2.18. The second kappa shape index (κ2) is 52.8. The highest BCUT2D eigenvalue weighted by Crippen LogP contribution is 2.18. The first-order chi connectivity index (χ1) is 32.2. The van der Waals surface area contributed by atoms with Crippen molar-refractivity contribution >= 4 is 17.9 Å². The van der Waals surface area contributed by atoms with Gasteiger partial charge >= 0.3 is 17.9 Å². The molecule has 1 atom stereocenters. The summed E-state index contributed by atoms with van der Waals surface area (Å²) in [4.78, 5) is 38.2. The van der Waals surface area contributed by atoms with Crippen LogP contribution >= 0.6 is 0 Å². The zero-order chi connectivity index (χ0) is 48.2. The third-order valence-electron chi connectivity index (χ3n) is 13.7. The van der Waals surface area contributed by atoms with E-state index in [4.69, 9.17) is 14.2 Å². The van der Waals surface area contributed by atoms with Gasteiger partial charge in [0.05, 0.1) is 0 Å². The van der Waals surface area contributed by atoms with E-state index in [0.29, 0.717) is 19.3 Å². The van der Waals surface area contributed by atoms with Crippen molar-refractivity contribution in [2.45, 2.75) is 343 Å². The van der Waals surface area contributed by atoms with Crippen LogP contribution in [-0.4, -0.2) is 37.2 Å².